The van der Waals surface area contributed by atoms with E-state index in [9.17, 15) is 9.59 Å². The van der Waals surface area contributed by atoms with Crippen molar-refractivity contribution in [2.75, 3.05) is 0 Å². The summed E-state index contributed by atoms with van der Waals surface area (Å²) in [6.07, 6.45) is 3.41. The largest absolute Gasteiger partial charge is 0.422 e. The van der Waals surface area contributed by atoms with Gasteiger partial charge in [0.1, 0.15) is 11.2 Å². The van der Waals surface area contributed by atoms with Crippen LogP contribution in [0.2, 0.25) is 0 Å². The minimum Gasteiger partial charge on any atom is -0.422 e. The van der Waals surface area contributed by atoms with Gasteiger partial charge in [-0.25, -0.2) is 9.59 Å². The van der Waals surface area contributed by atoms with Gasteiger partial charge in [0.25, 0.3) is 0 Å². The number of fused-ring (bicyclic) bond motifs is 9. The summed E-state index contributed by atoms with van der Waals surface area (Å²) in [6.45, 7) is 6.46. The number of aryl methyl sites for hydroxylation is 1. The molecular weight excluding hydrogens is 719 g/mol. The Kier molecular flexibility index (Phi) is 7.20. The molecular formula is C51H35N3O4. The Labute approximate surface area is 332 Å². The first kappa shape index (κ1) is 33.9. The van der Waals surface area contributed by atoms with Crippen molar-refractivity contribution in [1.29, 1.82) is 0 Å². The third-order valence-corrected chi connectivity index (χ3v) is 12.2. The number of hydrogen-bond acceptors (Lipinski definition) is 6. The summed E-state index contributed by atoms with van der Waals surface area (Å²) >= 11 is 0. The molecule has 7 heteroatoms. The van der Waals surface area contributed by atoms with E-state index in [-0.39, 0.29) is 11.0 Å². The zero-order valence-electron chi connectivity index (χ0n) is 32.3. The molecule has 0 amide bonds. The van der Waals surface area contributed by atoms with Crippen LogP contribution in [-0.4, -0.2) is 14.5 Å². The molecule has 1 aliphatic rings. The molecule has 0 N–H and O–H groups in total. The van der Waals surface area contributed by atoms with Crippen LogP contribution < -0.4 is 11.3 Å². The third kappa shape index (κ3) is 4.93. The van der Waals surface area contributed by atoms with Gasteiger partial charge in [-0.3, -0.25) is 9.97 Å². The van der Waals surface area contributed by atoms with Crippen molar-refractivity contribution in [3.8, 4) is 56.2 Å². The molecule has 6 aromatic carbocycles. The molecule has 7 nitrogen and oxygen atoms in total. The highest BCUT2D eigenvalue weighted by molar-refractivity contribution is 6.08. The second-order valence-corrected chi connectivity index (χ2v) is 15.8. The van der Waals surface area contributed by atoms with Gasteiger partial charge in [0.15, 0.2) is 0 Å². The van der Waals surface area contributed by atoms with Gasteiger partial charge in [-0.1, -0.05) is 105 Å². The predicted octanol–water partition coefficient (Wildman–Crippen LogP) is 11.6. The highest BCUT2D eigenvalue weighted by Crippen LogP contribution is 2.50. The fourth-order valence-corrected chi connectivity index (χ4v) is 9.21. The number of aromatic nitrogens is 3. The standard InChI is InChI=1S/C51H35N3O4/c1-28-46-34-11-7-5-9-29(34)17-22-45(46)57-50(56)47(28)42-27-52-41(26-53-42)31-15-18-36-37-19-16-32(25-40(37)51(2,3)39(36)24-31)43-20-21-44(54(43)4)38-23-33-14-13-30-10-6-8-12-35(30)48(33)58-49(38)55/h5-27H,1-4H3. The maximum absolute atomic E-state index is 13.5. The fourth-order valence-electron chi connectivity index (χ4n) is 9.21. The van der Waals surface area contributed by atoms with Crippen molar-refractivity contribution in [3.05, 3.63) is 177 Å². The highest BCUT2D eigenvalue weighted by atomic mass is 16.4. The molecule has 0 radical (unpaired) electrons. The van der Waals surface area contributed by atoms with Crippen molar-refractivity contribution in [2.24, 2.45) is 7.05 Å². The number of benzene rings is 6. The molecule has 4 heterocycles. The quantitative estimate of drug-likeness (QED) is 0.131. The zero-order valence-corrected chi connectivity index (χ0v) is 32.3. The van der Waals surface area contributed by atoms with Gasteiger partial charge < -0.3 is 13.4 Å². The van der Waals surface area contributed by atoms with Crippen LogP contribution in [0.1, 0.15) is 30.5 Å². The average molecular weight is 754 g/mol. The van der Waals surface area contributed by atoms with E-state index in [1.54, 1.807) is 12.4 Å². The van der Waals surface area contributed by atoms with E-state index in [1.807, 2.05) is 86.8 Å². The van der Waals surface area contributed by atoms with Crippen LogP contribution in [0.15, 0.2) is 158 Å². The van der Waals surface area contributed by atoms with E-state index < -0.39 is 5.63 Å². The molecule has 0 bridgehead atoms. The topological polar surface area (TPSA) is 91.1 Å². The van der Waals surface area contributed by atoms with Gasteiger partial charge in [0.2, 0.25) is 0 Å². The zero-order chi connectivity index (χ0) is 39.4. The normalized spacial score (nSPS) is 13.1. The van der Waals surface area contributed by atoms with Gasteiger partial charge in [0.05, 0.1) is 40.6 Å². The van der Waals surface area contributed by atoms with Crippen LogP contribution in [0.5, 0.6) is 0 Å². The fraction of sp³-hybridized carbons (Fsp3) is 0.0980. The first-order valence-corrected chi connectivity index (χ1v) is 19.4. The molecule has 0 saturated heterocycles. The van der Waals surface area contributed by atoms with E-state index in [4.69, 9.17) is 18.8 Å². The smallest absolute Gasteiger partial charge is 0.346 e. The molecule has 0 unspecified atom stereocenters. The van der Waals surface area contributed by atoms with Crippen molar-refractivity contribution >= 4 is 43.5 Å². The van der Waals surface area contributed by atoms with Crippen LogP contribution in [0.25, 0.3) is 99.6 Å². The lowest BCUT2D eigenvalue weighted by molar-refractivity contribution is 0.562. The maximum Gasteiger partial charge on any atom is 0.346 e. The molecule has 0 saturated carbocycles. The van der Waals surface area contributed by atoms with Crippen LogP contribution in [-0.2, 0) is 12.5 Å². The van der Waals surface area contributed by atoms with Gasteiger partial charge in [-0.05, 0) is 92.9 Å². The summed E-state index contributed by atoms with van der Waals surface area (Å²) in [4.78, 5) is 36.3. The minimum absolute atomic E-state index is 0.301. The van der Waals surface area contributed by atoms with E-state index in [0.717, 1.165) is 66.1 Å². The molecule has 4 aromatic heterocycles. The Morgan fingerprint density at radius 2 is 1.19 bits per heavy atom. The lowest BCUT2D eigenvalue weighted by Crippen LogP contribution is -2.15. The summed E-state index contributed by atoms with van der Waals surface area (Å²) in [5.41, 5.74) is 11.6. The number of nitrogens with zero attached hydrogens (tertiary/aromatic N) is 3. The van der Waals surface area contributed by atoms with Gasteiger partial charge in [-0.15, -0.1) is 0 Å². The van der Waals surface area contributed by atoms with E-state index in [2.05, 4.69) is 73.0 Å². The van der Waals surface area contributed by atoms with Crippen LogP contribution in [0.4, 0.5) is 0 Å². The summed E-state index contributed by atoms with van der Waals surface area (Å²) in [5, 5.41) is 5.85. The number of rotatable bonds is 4. The SMILES string of the molecule is Cc1c(-c2cnc(-c3ccc4c(c3)C(C)(C)c3cc(-c5ccc(-c6cc7ccc8ccccc8c7oc6=O)n5C)ccc3-4)cn2)c(=O)oc2ccc3ccccc3c12. The van der Waals surface area contributed by atoms with Crippen LogP contribution in [0.3, 0.4) is 0 Å². The van der Waals surface area contributed by atoms with Crippen molar-refractivity contribution in [3.63, 3.8) is 0 Å². The van der Waals surface area contributed by atoms with Crippen LogP contribution in [0, 0.1) is 6.92 Å². The third-order valence-electron chi connectivity index (χ3n) is 12.2. The Hall–Kier alpha value is -7.38. The first-order valence-electron chi connectivity index (χ1n) is 19.4. The first-order chi connectivity index (χ1) is 28.2. The van der Waals surface area contributed by atoms with Crippen molar-refractivity contribution in [2.45, 2.75) is 26.2 Å². The molecule has 0 atom stereocenters. The molecule has 10 aromatic rings. The Morgan fingerprint density at radius 3 is 1.95 bits per heavy atom. The molecule has 11 rings (SSSR count). The summed E-state index contributed by atoms with van der Waals surface area (Å²) in [7, 11) is 2.00. The highest BCUT2D eigenvalue weighted by Gasteiger charge is 2.36. The van der Waals surface area contributed by atoms with E-state index >= 15 is 0 Å². The monoisotopic (exact) mass is 753 g/mol. The molecule has 0 fully saturated rings. The van der Waals surface area contributed by atoms with E-state index in [0.29, 0.717) is 28.0 Å². The predicted molar refractivity (Wildman–Crippen MR) is 232 cm³/mol. The van der Waals surface area contributed by atoms with Gasteiger partial charge in [-0.2, -0.15) is 0 Å². The summed E-state index contributed by atoms with van der Waals surface area (Å²) < 4.78 is 13.8. The average Bonchev–Trinajstić information content (AvgIpc) is 3.73. The van der Waals surface area contributed by atoms with Crippen molar-refractivity contribution < 1.29 is 8.83 Å². The maximum atomic E-state index is 13.5. The second-order valence-electron chi connectivity index (χ2n) is 15.8. The van der Waals surface area contributed by atoms with Crippen LogP contribution >= 0.6 is 0 Å². The second kappa shape index (κ2) is 12.3. The molecule has 0 aliphatic heterocycles. The molecule has 58 heavy (non-hydrogen) atoms. The minimum atomic E-state index is -0.432. The molecule has 278 valence electrons. The molecule has 1 aliphatic carbocycles. The van der Waals surface area contributed by atoms with Gasteiger partial charge in [0, 0.05) is 39.9 Å². The lowest BCUT2D eigenvalue weighted by atomic mass is 9.81. The number of hydrogen-bond donors (Lipinski definition) is 0. The van der Waals surface area contributed by atoms with Crippen molar-refractivity contribution in [1.82, 2.24) is 14.5 Å². The van der Waals surface area contributed by atoms with Gasteiger partial charge >= 0.3 is 11.3 Å². The summed E-state index contributed by atoms with van der Waals surface area (Å²) in [5.74, 6) is 0. The Morgan fingerprint density at radius 1 is 0.569 bits per heavy atom. The summed E-state index contributed by atoms with van der Waals surface area (Å²) in [6, 6.07) is 43.0. The molecule has 0 spiro atoms. The van der Waals surface area contributed by atoms with E-state index in [1.165, 1.54) is 22.3 Å². The lowest BCUT2D eigenvalue weighted by Gasteiger charge is -2.22. The Bertz CT molecular complexity index is 3500. The Balaban J connectivity index is 0.918.